The molecule has 0 amide bonds. The van der Waals surface area contributed by atoms with E-state index in [1.165, 1.54) is 6.08 Å². The van der Waals surface area contributed by atoms with Crippen molar-refractivity contribution in [2.24, 2.45) is 9.98 Å². The van der Waals surface area contributed by atoms with Crippen LogP contribution in [0, 0.1) is 0 Å². The second-order valence-corrected chi connectivity index (χ2v) is 4.71. The van der Waals surface area contributed by atoms with E-state index < -0.39 is 5.60 Å². The van der Waals surface area contributed by atoms with E-state index in [0.717, 1.165) is 25.7 Å². The Labute approximate surface area is 102 Å². The van der Waals surface area contributed by atoms with Crippen LogP contribution >= 0.6 is 0 Å². The third kappa shape index (κ3) is 11.0. The Hall–Kier alpha value is -1.28. The number of hydrogen-bond acceptors (Lipinski definition) is 5. The Morgan fingerprint density at radius 3 is 2.41 bits per heavy atom. The molecule has 96 valence electrons. The molecule has 0 spiro atoms. The Morgan fingerprint density at radius 2 is 1.88 bits per heavy atom. The highest BCUT2D eigenvalue weighted by Gasteiger charge is 2.19. The van der Waals surface area contributed by atoms with Crippen LogP contribution in [-0.2, 0) is 9.59 Å². The molecule has 1 N–H and O–H groups in total. The first kappa shape index (κ1) is 15.7. The Bertz CT molecular complexity index is 297. The summed E-state index contributed by atoms with van der Waals surface area (Å²) in [5, 5.41) is 9.64. The summed E-state index contributed by atoms with van der Waals surface area (Å²) >= 11 is 0. The van der Waals surface area contributed by atoms with E-state index in [0.29, 0.717) is 13.0 Å². The maximum absolute atomic E-state index is 10.2. The molecule has 0 saturated carbocycles. The molecular weight excluding hydrogens is 220 g/mol. The Kier molecular flexibility index (Phi) is 8.16. The first-order valence-corrected chi connectivity index (χ1v) is 5.82. The minimum absolute atomic E-state index is 0.179. The minimum atomic E-state index is -0.827. The molecule has 5 nitrogen and oxygen atoms in total. The summed E-state index contributed by atoms with van der Waals surface area (Å²) < 4.78 is 0. The van der Waals surface area contributed by atoms with Crippen LogP contribution in [0.15, 0.2) is 9.98 Å². The summed E-state index contributed by atoms with van der Waals surface area (Å²) in [6, 6.07) is -0.179. The van der Waals surface area contributed by atoms with Crippen molar-refractivity contribution in [3.05, 3.63) is 0 Å². The third-order valence-electron chi connectivity index (χ3n) is 2.34. The number of isocyanates is 2. The molecule has 1 unspecified atom stereocenters. The molecular formula is C12H20N2O3. The van der Waals surface area contributed by atoms with Gasteiger partial charge in [0.1, 0.15) is 0 Å². The van der Waals surface area contributed by atoms with E-state index in [4.69, 9.17) is 0 Å². The van der Waals surface area contributed by atoms with Gasteiger partial charge in [-0.05, 0) is 33.1 Å². The molecule has 0 aromatic rings. The molecule has 0 aliphatic heterocycles. The predicted octanol–water partition coefficient (Wildman–Crippen LogP) is 1.75. The lowest BCUT2D eigenvalue weighted by molar-refractivity contribution is 0.0627. The molecule has 1 atom stereocenters. The van der Waals surface area contributed by atoms with Crippen LogP contribution in [0.3, 0.4) is 0 Å². The molecule has 0 aromatic carbocycles. The highest BCUT2D eigenvalue weighted by atomic mass is 16.3. The molecule has 0 aliphatic rings. The monoisotopic (exact) mass is 240 g/mol. The van der Waals surface area contributed by atoms with Gasteiger partial charge in [0.05, 0.1) is 18.2 Å². The van der Waals surface area contributed by atoms with Crippen LogP contribution in [-0.4, -0.2) is 35.5 Å². The van der Waals surface area contributed by atoms with Crippen LogP contribution in [0.1, 0.15) is 46.0 Å². The van der Waals surface area contributed by atoms with Gasteiger partial charge in [0.25, 0.3) is 0 Å². The standard InChI is InChI=1S/C12H20N2O3/c1-12(2,17)8-11(14-10-16)6-4-3-5-7-13-9-15/h11,17H,3-8H2,1-2H3. The van der Waals surface area contributed by atoms with Crippen molar-refractivity contribution >= 4 is 12.2 Å². The average molecular weight is 240 g/mol. The molecule has 0 aliphatic carbocycles. The van der Waals surface area contributed by atoms with Crippen LogP contribution in [0.4, 0.5) is 0 Å². The van der Waals surface area contributed by atoms with Gasteiger partial charge >= 0.3 is 0 Å². The van der Waals surface area contributed by atoms with Gasteiger partial charge in [0.2, 0.25) is 12.2 Å². The summed E-state index contributed by atoms with van der Waals surface area (Å²) in [7, 11) is 0. The number of carbonyl (C=O) groups excluding carboxylic acids is 2. The number of hydrogen-bond donors (Lipinski definition) is 1. The second-order valence-electron chi connectivity index (χ2n) is 4.71. The van der Waals surface area contributed by atoms with Crippen LogP contribution in [0.2, 0.25) is 0 Å². The van der Waals surface area contributed by atoms with Gasteiger partial charge in [-0.15, -0.1) is 0 Å². The summed E-state index contributed by atoms with van der Waals surface area (Å²) in [4.78, 5) is 27.2. The van der Waals surface area contributed by atoms with E-state index in [-0.39, 0.29) is 6.04 Å². The lowest BCUT2D eigenvalue weighted by Gasteiger charge is -2.21. The fraction of sp³-hybridized carbons (Fsp3) is 0.833. The van der Waals surface area contributed by atoms with Crippen molar-refractivity contribution in [2.75, 3.05) is 6.54 Å². The number of unbranched alkanes of at least 4 members (excludes halogenated alkanes) is 2. The molecule has 0 bridgehead atoms. The number of aliphatic imine (C=N–C) groups is 2. The molecule has 0 saturated heterocycles. The van der Waals surface area contributed by atoms with Gasteiger partial charge in [0.15, 0.2) is 0 Å². The predicted molar refractivity (Wildman–Crippen MR) is 64.3 cm³/mol. The van der Waals surface area contributed by atoms with Crippen molar-refractivity contribution in [3.8, 4) is 0 Å². The fourth-order valence-electron chi connectivity index (χ4n) is 1.66. The zero-order valence-corrected chi connectivity index (χ0v) is 10.5. The lowest BCUT2D eigenvalue weighted by Crippen LogP contribution is -2.25. The van der Waals surface area contributed by atoms with Crippen LogP contribution in [0.5, 0.6) is 0 Å². The smallest absolute Gasteiger partial charge is 0.235 e. The normalized spacial score (nSPS) is 12.4. The quantitative estimate of drug-likeness (QED) is 0.379. The average Bonchev–Trinajstić information content (AvgIpc) is 2.21. The summed E-state index contributed by atoms with van der Waals surface area (Å²) in [5.41, 5.74) is -0.827. The van der Waals surface area contributed by atoms with Gasteiger partial charge < -0.3 is 5.11 Å². The number of rotatable bonds is 9. The Balaban J connectivity index is 3.85. The fourth-order valence-corrected chi connectivity index (χ4v) is 1.66. The summed E-state index contributed by atoms with van der Waals surface area (Å²) in [6.07, 6.45) is 6.87. The molecule has 17 heavy (non-hydrogen) atoms. The van der Waals surface area contributed by atoms with Crippen molar-refractivity contribution in [1.29, 1.82) is 0 Å². The van der Waals surface area contributed by atoms with E-state index in [1.54, 1.807) is 19.9 Å². The van der Waals surface area contributed by atoms with Crippen molar-refractivity contribution in [1.82, 2.24) is 0 Å². The van der Waals surface area contributed by atoms with Crippen molar-refractivity contribution in [2.45, 2.75) is 57.6 Å². The van der Waals surface area contributed by atoms with E-state index in [9.17, 15) is 14.7 Å². The SMILES string of the molecule is CC(C)(O)CC(CCCCCN=C=O)N=C=O. The summed E-state index contributed by atoms with van der Waals surface area (Å²) in [6.45, 7) is 3.88. The van der Waals surface area contributed by atoms with E-state index in [1.807, 2.05) is 0 Å². The molecule has 0 radical (unpaired) electrons. The van der Waals surface area contributed by atoms with Gasteiger partial charge in [-0.25, -0.2) is 19.6 Å². The zero-order chi connectivity index (χ0) is 13.1. The maximum atomic E-state index is 10.2. The van der Waals surface area contributed by atoms with Gasteiger partial charge in [0, 0.05) is 0 Å². The van der Waals surface area contributed by atoms with Crippen LogP contribution in [0.25, 0.3) is 0 Å². The highest BCUT2D eigenvalue weighted by molar-refractivity contribution is 5.33. The second kappa shape index (κ2) is 8.82. The van der Waals surface area contributed by atoms with Gasteiger partial charge in [-0.1, -0.05) is 12.8 Å². The molecule has 0 aromatic heterocycles. The topological polar surface area (TPSA) is 79.1 Å². The Morgan fingerprint density at radius 1 is 1.18 bits per heavy atom. The van der Waals surface area contributed by atoms with Crippen LogP contribution < -0.4 is 0 Å². The number of nitrogens with zero attached hydrogens (tertiary/aromatic N) is 2. The molecule has 0 rings (SSSR count). The minimum Gasteiger partial charge on any atom is -0.390 e. The molecule has 5 heteroatoms. The zero-order valence-electron chi connectivity index (χ0n) is 10.5. The maximum Gasteiger partial charge on any atom is 0.235 e. The molecule has 0 heterocycles. The van der Waals surface area contributed by atoms with Gasteiger partial charge in [-0.2, -0.15) is 0 Å². The largest absolute Gasteiger partial charge is 0.390 e. The van der Waals surface area contributed by atoms with E-state index in [2.05, 4.69) is 9.98 Å². The molecule has 0 fully saturated rings. The first-order chi connectivity index (χ1) is 7.99. The lowest BCUT2D eigenvalue weighted by atomic mass is 9.95. The van der Waals surface area contributed by atoms with Crippen molar-refractivity contribution in [3.63, 3.8) is 0 Å². The third-order valence-corrected chi connectivity index (χ3v) is 2.34. The van der Waals surface area contributed by atoms with Crippen molar-refractivity contribution < 1.29 is 14.7 Å². The summed E-state index contributed by atoms with van der Waals surface area (Å²) in [5.74, 6) is 0. The number of aliphatic hydroxyl groups is 1. The van der Waals surface area contributed by atoms with Gasteiger partial charge in [-0.3, -0.25) is 0 Å². The first-order valence-electron chi connectivity index (χ1n) is 5.82. The van der Waals surface area contributed by atoms with E-state index >= 15 is 0 Å². The highest BCUT2D eigenvalue weighted by Crippen LogP contribution is 2.18.